The largest absolute Gasteiger partial charge is 0.426 e. The number of aliphatic hydroxyl groups is 1. The number of benzene rings is 2. The zero-order valence-electron chi connectivity index (χ0n) is 28.3. The van der Waals surface area contributed by atoms with Crippen LogP contribution >= 0.6 is 0 Å². The smallest absolute Gasteiger partial charge is 0.316 e. The molecule has 1 unspecified atom stereocenters. The van der Waals surface area contributed by atoms with Crippen molar-refractivity contribution >= 4 is 35.3 Å². The normalized spacial score (nSPS) is 12.5. The van der Waals surface area contributed by atoms with Crippen molar-refractivity contribution in [2.75, 3.05) is 31.1 Å². The molecule has 0 bridgehead atoms. The Morgan fingerprint density at radius 1 is 0.783 bits per heavy atom. The van der Waals surface area contributed by atoms with Crippen LogP contribution in [0.2, 0.25) is 0 Å². The molecule has 1 atom stereocenters. The lowest BCUT2D eigenvalue weighted by atomic mass is 9.97. The predicted octanol–water partition coefficient (Wildman–Crippen LogP) is 3.28. The molecular weight excluding hydrogens is 592 g/mol. The van der Waals surface area contributed by atoms with Gasteiger partial charge in [0.15, 0.2) is 0 Å². The van der Waals surface area contributed by atoms with E-state index in [1.807, 2.05) is 13.8 Å². The Bertz CT molecular complexity index is 1350. The Morgan fingerprint density at radius 2 is 1.30 bits per heavy atom. The average Bonchev–Trinajstić information content (AvgIpc) is 2.95. The van der Waals surface area contributed by atoms with E-state index in [1.165, 1.54) is 30.0 Å². The minimum atomic E-state index is -1.09. The first-order valence-corrected chi connectivity index (χ1v) is 15.1. The zero-order valence-corrected chi connectivity index (χ0v) is 28.3. The molecule has 0 aliphatic heterocycles. The van der Waals surface area contributed by atoms with Crippen molar-refractivity contribution < 1.29 is 38.6 Å². The standard InChI is InChI=1S/C34H48N4O8/c1-22(39)38(24-13-11-10-12-14-24)20-29(42)35-19-28(41)36-21-34(8,9)37-18-27(40)23-15-25(45-30(43)32(2,3)4)17-26(16-23)46-31(44)33(5,6)7/h10-17,27,37,40H,18-21H2,1-9H3,(H,35,42)(H,36,41). The molecule has 12 nitrogen and oxygen atoms in total. The topological polar surface area (TPSA) is 163 Å². The Morgan fingerprint density at radius 3 is 1.78 bits per heavy atom. The van der Waals surface area contributed by atoms with Gasteiger partial charge in [0.1, 0.15) is 18.0 Å². The molecule has 12 heteroatoms. The third-order valence-corrected chi connectivity index (χ3v) is 6.63. The Labute approximate surface area is 271 Å². The highest BCUT2D eigenvalue weighted by atomic mass is 16.5. The van der Waals surface area contributed by atoms with Crippen LogP contribution < -0.4 is 30.3 Å². The molecule has 252 valence electrons. The van der Waals surface area contributed by atoms with E-state index in [-0.39, 0.29) is 43.6 Å². The number of anilines is 1. The van der Waals surface area contributed by atoms with Gasteiger partial charge in [-0.1, -0.05) is 18.2 Å². The summed E-state index contributed by atoms with van der Waals surface area (Å²) in [5.41, 5.74) is -1.33. The summed E-state index contributed by atoms with van der Waals surface area (Å²) in [6.45, 7) is 15.0. The van der Waals surface area contributed by atoms with Crippen molar-refractivity contribution in [2.45, 2.75) is 74.0 Å². The molecule has 2 aromatic carbocycles. The third kappa shape index (κ3) is 12.6. The lowest BCUT2D eigenvalue weighted by molar-refractivity contribution is -0.143. The molecule has 0 fully saturated rings. The van der Waals surface area contributed by atoms with Crippen LogP contribution in [0.3, 0.4) is 0 Å². The number of β-amino-alcohol motifs (C(OH)–C–C–N with tert-alkyl or cyclic N) is 1. The summed E-state index contributed by atoms with van der Waals surface area (Å²) in [5, 5.41) is 19.5. The predicted molar refractivity (Wildman–Crippen MR) is 174 cm³/mol. The number of aliphatic hydroxyl groups excluding tert-OH is 1. The SMILES string of the molecule is CC(=O)N(CC(=O)NCC(=O)NCC(C)(C)NCC(O)c1cc(OC(=O)C(C)(C)C)cc(OC(=O)C(C)(C)C)c1)c1ccccc1. The fourth-order valence-electron chi connectivity index (χ4n) is 3.73. The average molecular weight is 641 g/mol. The summed E-state index contributed by atoms with van der Waals surface area (Å²) in [7, 11) is 0. The van der Waals surface area contributed by atoms with Crippen LogP contribution in [-0.4, -0.2) is 66.5 Å². The van der Waals surface area contributed by atoms with Gasteiger partial charge in [0, 0.05) is 37.3 Å². The lowest BCUT2D eigenvalue weighted by Crippen LogP contribution is -2.52. The van der Waals surface area contributed by atoms with Gasteiger partial charge in [0.05, 0.1) is 23.5 Å². The number of ether oxygens (including phenoxy) is 2. The Balaban J connectivity index is 1.98. The third-order valence-electron chi connectivity index (χ3n) is 6.63. The molecule has 0 aliphatic rings. The van der Waals surface area contributed by atoms with Crippen molar-refractivity contribution in [1.29, 1.82) is 0 Å². The molecule has 0 saturated heterocycles. The number of hydrogen-bond donors (Lipinski definition) is 4. The molecule has 4 N–H and O–H groups in total. The number of hydrogen-bond acceptors (Lipinski definition) is 9. The van der Waals surface area contributed by atoms with Gasteiger partial charge in [-0.2, -0.15) is 0 Å². The summed E-state index contributed by atoms with van der Waals surface area (Å²) in [6, 6.07) is 13.2. The molecule has 0 aliphatic carbocycles. The van der Waals surface area contributed by atoms with Gasteiger partial charge in [-0.15, -0.1) is 0 Å². The van der Waals surface area contributed by atoms with Crippen molar-refractivity contribution in [3.8, 4) is 11.5 Å². The first-order chi connectivity index (χ1) is 21.2. The summed E-state index contributed by atoms with van der Waals surface area (Å²) in [6.07, 6.45) is -1.09. The van der Waals surface area contributed by atoms with Crippen molar-refractivity contribution in [2.24, 2.45) is 10.8 Å². The number of nitrogens with zero attached hydrogens (tertiary/aromatic N) is 1. The summed E-state index contributed by atoms with van der Waals surface area (Å²) < 4.78 is 11.0. The molecule has 0 spiro atoms. The van der Waals surface area contributed by atoms with Gasteiger partial charge >= 0.3 is 11.9 Å². The van der Waals surface area contributed by atoms with E-state index in [1.54, 1.807) is 71.9 Å². The number of esters is 2. The maximum Gasteiger partial charge on any atom is 0.316 e. The van der Waals surface area contributed by atoms with Gasteiger partial charge in [-0.3, -0.25) is 24.0 Å². The summed E-state index contributed by atoms with van der Waals surface area (Å²) in [5.74, 6) is -1.97. The van der Waals surface area contributed by atoms with Gasteiger partial charge in [-0.05, 0) is 85.2 Å². The van der Waals surface area contributed by atoms with Gasteiger partial charge in [-0.25, -0.2) is 0 Å². The fourth-order valence-corrected chi connectivity index (χ4v) is 3.73. The number of carbonyl (C=O) groups is 5. The second-order valence-corrected chi connectivity index (χ2v) is 13.8. The number of rotatable bonds is 13. The van der Waals surface area contributed by atoms with Gasteiger partial charge in [0.2, 0.25) is 17.7 Å². The maximum absolute atomic E-state index is 12.5. The highest BCUT2D eigenvalue weighted by molar-refractivity contribution is 5.98. The molecule has 2 rings (SSSR count). The number of para-hydroxylation sites is 1. The minimum Gasteiger partial charge on any atom is -0.426 e. The van der Waals surface area contributed by atoms with E-state index in [2.05, 4.69) is 16.0 Å². The first-order valence-electron chi connectivity index (χ1n) is 15.1. The van der Waals surface area contributed by atoms with E-state index < -0.39 is 46.2 Å². The molecule has 0 saturated carbocycles. The molecule has 0 heterocycles. The van der Waals surface area contributed by atoms with E-state index in [0.717, 1.165) is 0 Å². The maximum atomic E-state index is 12.5. The molecule has 46 heavy (non-hydrogen) atoms. The van der Waals surface area contributed by atoms with Crippen LogP contribution in [0.5, 0.6) is 11.5 Å². The zero-order chi connectivity index (χ0) is 34.9. The van der Waals surface area contributed by atoms with Crippen LogP contribution in [0.25, 0.3) is 0 Å². The second-order valence-electron chi connectivity index (χ2n) is 13.8. The highest BCUT2D eigenvalue weighted by Gasteiger charge is 2.27. The van der Waals surface area contributed by atoms with E-state index in [0.29, 0.717) is 11.3 Å². The molecule has 3 amide bonds. The number of amides is 3. The quantitative estimate of drug-likeness (QED) is 0.190. The monoisotopic (exact) mass is 640 g/mol. The summed E-state index contributed by atoms with van der Waals surface area (Å²) in [4.78, 5) is 63.3. The minimum absolute atomic E-state index is 0.0449. The number of carbonyl (C=O) groups excluding carboxylic acids is 5. The molecule has 2 aromatic rings. The van der Waals surface area contributed by atoms with Crippen molar-refractivity contribution in [1.82, 2.24) is 16.0 Å². The molecule has 0 radical (unpaired) electrons. The highest BCUT2D eigenvalue weighted by Crippen LogP contribution is 2.30. The van der Waals surface area contributed by atoms with Crippen LogP contribution in [-0.2, 0) is 24.0 Å². The van der Waals surface area contributed by atoms with Crippen LogP contribution in [0.15, 0.2) is 48.5 Å². The van der Waals surface area contributed by atoms with Crippen molar-refractivity contribution in [3.63, 3.8) is 0 Å². The summed E-state index contributed by atoms with van der Waals surface area (Å²) >= 11 is 0. The van der Waals surface area contributed by atoms with Gasteiger partial charge in [0.25, 0.3) is 0 Å². The second kappa shape index (κ2) is 15.8. The fraction of sp³-hybridized carbons (Fsp3) is 0.500. The van der Waals surface area contributed by atoms with Crippen LogP contribution in [0.1, 0.15) is 74.0 Å². The molecular formula is C34H48N4O8. The van der Waals surface area contributed by atoms with E-state index >= 15 is 0 Å². The van der Waals surface area contributed by atoms with Crippen molar-refractivity contribution in [3.05, 3.63) is 54.1 Å². The van der Waals surface area contributed by atoms with Crippen LogP contribution in [0, 0.1) is 10.8 Å². The van der Waals surface area contributed by atoms with Gasteiger partial charge < -0.3 is 35.4 Å². The van der Waals surface area contributed by atoms with E-state index in [4.69, 9.17) is 9.47 Å². The Hall–Kier alpha value is -4.29. The Kier molecular flexibility index (Phi) is 13.0. The number of nitrogens with one attached hydrogen (secondary N) is 3. The van der Waals surface area contributed by atoms with E-state index in [9.17, 15) is 29.1 Å². The van der Waals surface area contributed by atoms with Crippen LogP contribution in [0.4, 0.5) is 5.69 Å². The lowest BCUT2D eigenvalue weighted by Gasteiger charge is -2.28. The first kappa shape index (κ1) is 37.9. The molecule has 0 aromatic heterocycles.